The van der Waals surface area contributed by atoms with Gasteiger partial charge in [0.2, 0.25) is 11.8 Å². The molecule has 9 heteroatoms. The zero-order chi connectivity index (χ0) is 23.6. The number of hydrogen-bond donors (Lipinski definition) is 2. The summed E-state index contributed by atoms with van der Waals surface area (Å²) in [6, 6.07) is 18.4. The molecule has 2 atom stereocenters. The molecule has 1 heterocycles. The quantitative estimate of drug-likeness (QED) is 0.515. The highest BCUT2D eigenvalue weighted by Crippen LogP contribution is 2.20. The molecule has 0 spiro atoms. The van der Waals surface area contributed by atoms with Crippen LogP contribution in [0.25, 0.3) is 0 Å². The molecule has 0 aliphatic rings. The molecule has 3 rings (SSSR count). The second-order valence-corrected chi connectivity index (χ2v) is 7.03. The molecule has 0 saturated heterocycles. The fraction of sp³-hybridized carbons (Fsp3) is 0.261. The Morgan fingerprint density at radius 2 is 1.62 bits per heavy atom. The van der Waals surface area contributed by atoms with Crippen LogP contribution in [0, 0.1) is 6.92 Å². The van der Waals surface area contributed by atoms with Crippen LogP contribution in [0.3, 0.4) is 0 Å². The van der Waals surface area contributed by atoms with E-state index in [2.05, 4.69) is 34.6 Å². The Bertz CT molecular complexity index is 987. The topological polar surface area (TPSA) is 94.0 Å². The van der Waals surface area contributed by atoms with Crippen molar-refractivity contribution in [1.82, 2.24) is 15.5 Å². The van der Waals surface area contributed by atoms with Crippen LogP contribution in [0.5, 0.6) is 0 Å². The second-order valence-electron chi connectivity index (χ2n) is 7.03. The van der Waals surface area contributed by atoms with Gasteiger partial charge < -0.3 is 15.5 Å². The first-order chi connectivity index (χ1) is 15.2. The van der Waals surface area contributed by atoms with E-state index in [1.807, 2.05) is 48.5 Å². The standard InChI is InChI=1S/C16H17F3N4O2.C7H8/c1-10(20)14-22-23-15(25-14)12(9-11-5-3-2-4-6-11)21-8-7-13(24)16(17,18)19;1-7-5-3-2-4-6-7/h2-8,10,12,21H,9,20H2,1H3;2-6H,1H3/b8-7+;. The first-order valence-electron chi connectivity index (χ1n) is 9.85. The van der Waals surface area contributed by atoms with Crippen LogP contribution in [-0.2, 0) is 11.2 Å². The van der Waals surface area contributed by atoms with E-state index < -0.39 is 24.0 Å². The van der Waals surface area contributed by atoms with Crippen molar-refractivity contribution >= 4 is 5.78 Å². The number of nitrogens with two attached hydrogens (primary N) is 1. The molecule has 3 N–H and O–H groups in total. The molecule has 170 valence electrons. The number of nitrogens with zero attached hydrogens (tertiary/aromatic N) is 2. The lowest BCUT2D eigenvalue weighted by atomic mass is 10.1. The van der Waals surface area contributed by atoms with Gasteiger partial charge in [-0.3, -0.25) is 4.79 Å². The van der Waals surface area contributed by atoms with Crippen LogP contribution in [0.1, 0.15) is 41.9 Å². The van der Waals surface area contributed by atoms with Gasteiger partial charge in [-0.2, -0.15) is 13.2 Å². The van der Waals surface area contributed by atoms with Crippen LogP contribution in [0.2, 0.25) is 0 Å². The third-order valence-corrected chi connectivity index (χ3v) is 4.18. The van der Waals surface area contributed by atoms with Crippen molar-refractivity contribution < 1.29 is 22.4 Å². The van der Waals surface area contributed by atoms with Crippen LogP contribution in [0.15, 0.2) is 77.4 Å². The lowest BCUT2D eigenvalue weighted by molar-refractivity contribution is -0.165. The summed E-state index contributed by atoms with van der Waals surface area (Å²) in [5, 5.41) is 10.4. The molecule has 0 amide bonds. The number of allylic oxidation sites excluding steroid dienone is 1. The highest BCUT2D eigenvalue weighted by Gasteiger charge is 2.36. The first-order valence-corrected chi connectivity index (χ1v) is 9.85. The van der Waals surface area contributed by atoms with Gasteiger partial charge in [0, 0.05) is 18.7 Å². The van der Waals surface area contributed by atoms with Crippen LogP contribution in [-0.4, -0.2) is 22.2 Å². The van der Waals surface area contributed by atoms with E-state index in [1.165, 1.54) is 5.56 Å². The van der Waals surface area contributed by atoms with Gasteiger partial charge in [-0.05, 0) is 19.4 Å². The summed E-state index contributed by atoms with van der Waals surface area (Å²) in [6.07, 6.45) is -3.20. The van der Waals surface area contributed by atoms with Crippen molar-refractivity contribution in [3.8, 4) is 0 Å². The predicted octanol–water partition coefficient (Wildman–Crippen LogP) is 4.60. The monoisotopic (exact) mass is 446 g/mol. The number of aromatic nitrogens is 2. The normalized spacial score (nSPS) is 13.2. The van der Waals surface area contributed by atoms with E-state index in [1.54, 1.807) is 6.92 Å². The summed E-state index contributed by atoms with van der Waals surface area (Å²) in [5.74, 6) is -1.58. The number of carbonyl (C=O) groups is 1. The molecule has 0 aliphatic carbocycles. The van der Waals surface area contributed by atoms with Crippen LogP contribution >= 0.6 is 0 Å². The summed E-state index contributed by atoms with van der Waals surface area (Å²) in [5.41, 5.74) is 7.89. The third-order valence-electron chi connectivity index (χ3n) is 4.18. The van der Waals surface area contributed by atoms with Gasteiger partial charge in [0.15, 0.2) is 0 Å². The number of hydrogen-bond acceptors (Lipinski definition) is 6. The maximum atomic E-state index is 12.3. The minimum Gasteiger partial charge on any atom is -0.421 e. The van der Waals surface area contributed by atoms with Crippen molar-refractivity contribution in [2.75, 3.05) is 0 Å². The SMILES string of the molecule is CC(N)c1nnc(C(Cc2ccccc2)N/C=C/C(=O)C(F)(F)F)o1.Cc1ccccc1. The van der Waals surface area contributed by atoms with Crippen molar-refractivity contribution in [2.45, 2.75) is 38.5 Å². The summed E-state index contributed by atoms with van der Waals surface area (Å²) in [4.78, 5) is 10.9. The van der Waals surface area contributed by atoms with Gasteiger partial charge in [0.25, 0.3) is 5.78 Å². The summed E-state index contributed by atoms with van der Waals surface area (Å²) in [7, 11) is 0. The highest BCUT2D eigenvalue weighted by molar-refractivity contribution is 5.94. The smallest absolute Gasteiger partial charge is 0.421 e. The molecule has 2 unspecified atom stereocenters. The molecule has 0 saturated carbocycles. The Hall–Kier alpha value is -3.46. The molecular formula is C23H25F3N4O2. The number of alkyl halides is 3. The van der Waals surface area contributed by atoms with Crippen LogP contribution < -0.4 is 11.1 Å². The predicted molar refractivity (Wildman–Crippen MR) is 114 cm³/mol. The number of ketones is 1. The highest BCUT2D eigenvalue weighted by atomic mass is 19.4. The average Bonchev–Trinajstić information content (AvgIpc) is 3.25. The van der Waals surface area contributed by atoms with Gasteiger partial charge in [-0.25, -0.2) is 0 Å². The number of halogens is 3. The molecule has 3 aromatic rings. The van der Waals surface area contributed by atoms with E-state index in [9.17, 15) is 18.0 Å². The van der Waals surface area contributed by atoms with E-state index in [-0.39, 0.29) is 11.8 Å². The Balaban J connectivity index is 0.000000439. The van der Waals surface area contributed by atoms with E-state index in [0.29, 0.717) is 12.5 Å². The van der Waals surface area contributed by atoms with Gasteiger partial charge in [0.1, 0.15) is 6.04 Å². The Morgan fingerprint density at radius 3 is 2.09 bits per heavy atom. The Morgan fingerprint density at radius 1 is 1.06 bits per heavy atom. The number of aryl methyl sites for hydroxylation is 1. The molecule has 2 aromatic carbocycles. The maximum Gasteiger partial charge on any atom is 0.454 e. The van der Waals surface area contributed by atoms with Crippen molar-refractivity contribution in [2.24, 2.45) is 5.73 Å². The minimum atomic E-state index is -4.92. The summed E-state index contributed by atoms with van der Waals surface area (Å²) in [6.45, 7) is 3.75. The minimum absolute atomic E-state index is 0.167. The number of rotatable bonds is 7. The molecule has 32 heavy (non-hydrogen) atoms. The number of nitrogens with one attached hydrogen (secondary N) is 1. The molecular weight excluding hydrogens is 421 g/mol. The van der Waals surface area contributed by atoms with E-state index in [0.717, 1.165) is 11.8 Å². The fourth-order valence-corrected chi connectivity index (χ4v) is 2.51. The first kappa shape index (κ1) is 24.8. The van der Waals surface area contributed by atoms with Gasteiger partial charge in [0.05, 0.1) is 6.04 Å². The lowest BCUT2D eigenvalue weighted by Crippen LogP contribution is -2.23. The van der Waals surface area contributed by atoms with Crippen molar-refractivity contribution in [3.63, 3.8) is 0 Å². The number of carbonyl (C=O) groups excluding carboxylic acids is 1. The Kier molecular flexibility index (Phi) is 9.15. The molecule has 0 fully saturated rings. The van der Waals surface area contributed by atoms with Gasteiger partial charge in [-0.1, -0.05) is 66.2 Å². The van der Waals surface area contributed by atoms with E-state index >= 15 is 0 Å². The largest absolute Gasteiger partial charge is 0.454 e. The lowest BCUT2D eigenvalue weighted by Gasteiger charge is -2.13. The summed E-state index contributed by atoms with van der Waals surface area (Å²) >= 11 is 0. The molecule has 0 radical (unpaired) electrons. The van der Waals surface area contributed by atoms with Crippen molar-refractivity contribution in [3.05, 3.63) is 95.8 Å². The van der Waals surface area contributed by atoms with Crippen LogP contribution in [0.4, 0.5) is 13.2 Å². The maximum absolute atomic E-state index is 12.3. The fourth-order valence-electron chi connectivity index (χ4n) is 2.51. The second kappa shape index (κ2) is 11.8. The van der Waals surface area contributed by atoms with Gasteiger partial charge >= 0.3 is 6.18 Å². The molecule has 6 nitrogen and oxygen atoms in total. The zero-order valence-corrected chi connectivity index (χ0v) is 17.7. The van der Waals surface area contributed by atoms with Gasteiger partial charge in [-0.15, -0.1) is 10.2 Å². The molecule has 0 aliphatic heterocycles. The molecule has 0 bridgehead atoms. The average molecular weight is 446 g/mol. The summed E-state index contributed by atoms with van der Waals surface area (Å²) < 4.78 is 42.2. The molecule has 1 aromatic heterocycles. The third kappa shape index (κ3) is 8.35. The Labute approximate surface area is 184 Å². The van der Waals surface area contributed by atoms with Crippen molar-refractivity contribution in [1.29, 1.82) is 0 Å². The van der Waals surface area contributed by atoms with E-state index in [4.69, 9.17) is 10.2 Å². The zero-order valence-electron chi connectivity index (χ0n) is 17.7. The number of benzene rings is 2.